The van der Waals surface area contributed by atoms with E-state index in [1.165, 1.54) is 0 Å². The van der Waals surface area contributed by atoms with Crippen molar-refractivity contribution < 1.29 is 14.3 Å². The molecule has 1 aromatic heterocycles. The third-order valence-electron chi connectivity index (χ3n) is 2.17. The smallest absolute Gasteiger partial charge is 0.357 e. The molecule has 0 fully saturated rings. The quantitative estimate of drug-likeness (QED) is 0.857. The van der Waals surface area contributed by atoms with Crippen LogP contribution < -0.4 is 0 Å². The van der Waals surface area contributed by atoms with Crippen molar-refractivity contribution in [3.05, 3.63) is 53.6 Å². The zero-order valence-corrected chi connectivity index (χ0v) is 8.30. The van der Waals surface area contributed by atoms with Crippen LogP contribution in [0, 0.1) is 5.82 Å². The maximum absolute atomic E-state index is 13.1. The Labute approximate surface area is 90.9 Å². The predicted molar refractivity (Wildman–Crippen MR) is 54.7 cm³/mol. The molecule has 1 aromatic carbocycles. The highest BCUT2D eigenvalue weighted by Crippen LogP contribution is 2.09. The van der Waals surface area contributed by atoms with Crippen molar-refractivity contribution in [3.63, 3.8) is 0 Å². The molecule has 0 saturated carbocycles. The molecule has 4 nitrogen and oxygen atoms in total. The van der Waals surface area contributed by atoms with Crippen LogP contribution in [-0.2, 0) is 6.54 Å². The minimum absolute atomic E-state index is 0.242. The lowest BCUT2D eigenvalue weighted by Gasteiger charge is -2.03. The zero-order chi connectivity index (χ0) is 11.5. The molecule has 16 heavy (non-hydrogen) atoms. The highest BCUT2D eigenvalue weighted by Gasteiger charge is 2.17. The largest absolute Gasteiger partial charge is 0.476 e. The molecule has 0 amide bonds. The molecule has 0 radical (unpaired) electrons. The molecule has 1 N–H and O–H groups in total. The van der Waals surface area contributed by atoms with Gasteiger partial charge in [0.2, 0.25) is 0 Å². The van der Waals surface area contributed by atoms with Crippen LogP contribution in [0.1, 0.15) is 16.1 Å². The number of carbonyl (C=O) groups is 1. The fourth-order valence-corrected chi connectivity index (χ4v) is 1.45. The van der Waals surface area contributed by atoms with E-state index in [0.717, 1.165) is 16.4 Å². The van der Waals surface area contributed by atoms with Crippen molar-refractivity contribution in [1.82, 2.24) is 9.78 Å². The lowest BCUT2D eigenvalue weighted by molar-refractivity contribution is 0.0678. The van der Waals surface area contributed by atoms with Crippen molar-refractivity contribution >= 4 is 5.97 Å². The molecule has 2 aromatic rings. The second-order valence-corrected chi connectivity index (χ2v) is 3.29. The minimum Gasteiger partial charge on any atom is -0.476 e. The van der Waals surface area contributed by atoms with Gasteiger partial charge in [0.1, 0.15) is 0 Å². The Morgan fingerprint density at radius 2 is 2.06 bits per heavy atom. The Kier molecular flexibility index (Phi) is 2.68. The van der Waals surface area contributed by atoms with Gasteiger partial charge in [-0.2, -0.15) is 5.10 Å². The first kappa shape index (κ1) is 10.4. The molecule has 1 heterocycles. The van der Waals surface area contributed by atoms with Crippen molar-refractivity contribution in [2.24, 2.45) is 0 Å². The van der Waals surface area contributed by atoms with Gasteiger partial charge in [0.05, 0.1) is 12.7 Å². The summed E-state index contributed by atoms with van der Waals surface area (Å²) in [5.41, 5.74) is 0.456. The maximum Gasteiger partial charge on any atom is 0.357 e. The number of hydrogen-bond donors (Lipinski definition) is 1. The lowest BCUT2D eigenvalue weighted by Crippen LogP contribution is -2.12. The lowest BCUT2D eigenvalue weighted by atomic mass is 10.2. The van der Waals surface area contributed by atoms with Gasteiger partial charge < -0.3 is 5.11 Å². The first-order valence-corrected chi connectivity index (χ1v) is 4.67. The van der Waals surface area contributed by atoms with Crippen molar-refractivity contribution in [1.29, 1.82) is 0 Å². The van der Waals surface area contributed by atoms with Gasteiger partial charge in [-0.15, -0.1) is 0 Å². The average Bonchev–Trinajstić information content (AvgIpc) is 2.61. The van der Waals surface area contributed by atoms with E-state index in [2.05, 4.69) is 5.10 Å². The van der Waals surface area contributed by atoms with E-state index in [1.807, 2.05) is 30.3 Å². The molecule has 0 atom stereocenters. The topological polar surface area (TPSA) is 55.1 Å². The van der Waals surface area contributed by atoms with E-state index in [-0.39, 0.29) is 6.54 Å². The van der Waals surface area contributed by atoms with Gasteiger partial charge in [-0.3, -0.25) is 4.68 Å². The van der Waals surface area contributed by atoms with Crippen LogP contribution in [0.3, 0.4) is 0 Å². The van der Waals surface area contributed by atoms with Gasteiger partial charge in [-0.25, -0.2) is 9.18 Å². The number of hydrogen-bond acceptors (Lipinski definition) is 2. The van der Waals surface area contributed by atoms with Gasteiger partial charge in [-0.05, 0) is 5.56 Å². The molecule has 5 heteroatoms. The fourth-order valence-electron chi connectivity index (χ4n) is 1.45. The molecule has 0 bridgehead atoms. The van der Waals surface area contributed by atoms with Gasteiger partial charge in [0, 0.05) is 0 Å². The second-order valence-electron chi connectivity index (χ2n) is 3.29. The Morgan fingerprint density at radius 1 is 1.38 bits per heavy atom. The standard InChI is InChI=1S/C11H9FN2O2/c12-9-6-13-14(10(9)11(15)16)7-8-4-2-1-3-5-8/h1-6H,7H2,(H,15,16). The molecule has 0 aliphatic heterocycles. The van der Waals surface area contributed by atoms with Gasteiger partial charge in [0.15, 0.2) is 11.5 Å². The first-order chi connectivity index (χ1) is 7.68. The van der Waals surface area contributed by atoms with E-state index in [0.29, 0.717) is 0 Å². The number of aromatic carboxylic acids is 1. The van der Waals surface area contributed by atoms with E-state index in [9.17, 15) is 9.18 Å². The first-order valence-electron chi connectivity index (χ1n) is 4.67. The summed E-state index contributed by atoms with van der Waals surface area (Å²) in [4.78, 5) is 10.8. The number of aromatic nitrogens is 2. The summed E-state index contributed by atoms with van der Waals surface area (Å²) in [6, 6.07) is 9.16. The summed E-state index contributed by atoms with van der Waals surface area (Å²) >= 11 is 0. The molecule has 0 aliphatic rings. The molecular weight excluding hydrogens is 211 g/mol. The Bertz CT molecular complexity index is 508. The highest BCUT2D eigenvalue weighted by atomic mass is 19.1. The summed E-state index contributed by atoms with van der Waals surface area (Å²) in [7, 11) is 0. The molecule has 0 unspecified atom stereocenters. The molecule has 0 spiro atoms. The highest BCUT2D eigenvalue weighted by molar-refractivity contribution is 5.85. The number of nitrogens with zero attached hydrogens (tertiary/aromatic N) is 2. The fraction of sp³-hybridized carbons (Fsp3) is 0.0909. The van der Waals surface area contributed by atoms with E-state index in [1.54, 1.807) is 0 Å². The van der Waals surface area contributed by atoms with Crippen LogP contribution in [0.25, 0.3) is 0 Å². The van der Waals surface area contributed by atoms with Gasteiger partial charge in [-0.1, -0.05) is 30.3 Å². The van der Waals surface area contributed by atoms with Crippen LogP contribution in [-0.4, -0.2) is 20.9 Å². The Balaban J connectivity index is 2.32. The summed E-state index contributed by atoms with van der Waals surface area (Å²) in [6.07, 6.45) is 0.909. The summed E-state index contributed by atoms with van der Waals surface area (Å²) in [5, 5.41) is 12.5. The number of halogens is 1. The number of rotatable bonds is 3. The number of carboxylic acids is 1. The molecule has 0 aliphatic carbocycles. The van der Waals surface area contributed by atoms with Gasteiger partial charge >= 0.3 is 5.97 Å². The SMILES string of the molecule is O=C(O)c1c(F)cnn1Cc1ccccc1. The Morgan fingerprint density at radius 3 is 2.69 bits per heavy atom. The van der Waals surface area contributed by atoms with Crippen LogP contribution in [0.5, 0.6) is 0 Å². The third-order valence-corrected chi connectivity index (χ3v) is 2.17. The third kappa shape index (κ3) is 1.93. The predicted octanol–water partition coefficient (Wildman–Crippen LogP) is 1.77. The van der Waals surface area contributed by atoms with E-state index < -0.39 is 17.5 Å². The van der Waals surface area contributed by atoms with Crippen LogP contribution in [0.2, 0.25) is 0 Å². The summed E-state index contributed by atoms with van der Waals surface area (Å²) in [6.45, 7) is 0.242. The zero-order valence-electron chi connectivity index (χ0n) is 8.30. The normalized spacial score (nSPS) is 10.3. The van der Waals surface area contributed by atoms with Crippen molar-refractivity contribution in [2.75, 3.05) is 0 Å². The van der Waals surface area contributed by atoms with Crippen molar-refractivity contribution in [3.8, 4) is 0 Å². The summed E-state index contributed by atoms with van der Waals surface area (Å²) in [5.74, 6) is -2.13. The minimum atomic E-state index is -1.31. The van der Waals surface area contributed by atoms with Crippen molar-refractivity contribution in [2.45, 2.75) is 6.54 Å². The molecule has 82 valence electrons. The molecular formula is C11H9FN2O2. The average molecular weight is 220 g/mol. The second kappa shape index (κ2) is 4.14. The van der Waals surface area contributed by atoms with Crippen LogP contribution in [0.15, 0.2) is 36.5 Å². The monoisotopic (exact) mass is 220 g/mol. The number of benzene rings is 1. The maximum atomic E-state index is 13.1. The van der Waals surface area contributed by atoms with Crippen LogP contribution >= 0.6 is 0 Å². The van der Waals surface area contributed by atoms with Gasteiger partial charge in [0.25, 0.3) is 0 Å². The molecule has 0 saturated heterocycles. The molecule has 2 rings (SSSR count). The van der Waals surface area contributed by atoms with Crippen LogP contribution in [0.4, 0.5) is 4.39 Å². The Hall–Kier alpha value is -2.17. The number of carboxylic acid groups (broad SMARTS) is 1. The van der Waals surface area contributed by atoms with E-state index in [4.69, 9.17) is 5.11 Å². The van der Waals surface area contributed by atoms with E-state index >= 15 is 0 Å². The summed E-state index contributed by atoms with van der Waals surface area (Å²) < 4.78 is 14.2.